The number of anilines is 1. The van der Waals surface area contributed by atoms with Crippen molar-refractivity contribution in [1.29, 1.82) is 0 Å². The van der Waals surface area contributed by atoms with E-state index in [1.807, 2.05) is 6.92 Å². The largest absolute Gasteiger partial charge is 0.361 e. The molecule has 0 aliphatic carbocycles. The first-order valence-corrected chi connectivity index (χ1v) is 7.90. The Kier molecular flexibility index (Phi) is 4.46. The highest BCUT2D eigenvalue weighted by Gasteiger charge is 2.20. The Labute approximate surface area is 133 Å². The molecule has 2 aromatic heterocycles. The quantitative estimate of drug-likeness (QED) is 0.673. The van der Waals surface area contributed by atoms with Crippen LogP contribution < -0.4 is 5.32 Å². The Morgan fingerprint density at radius 2 is 2.09 bits per heavy atom. The summed E-state index contributed by atoms with van der Waals surface area (Å²) in [5.41, 5.74) is 1.71. The molecule has 1 unspecified atom stereocenters. The van der Waals surface area contributed by atoms with Crippen molar-refractivity contribution >= 4 is 22.8 Å². The van der Waals surface area contributed by atoms with Gasteiger partial charge in [-0.2, -0.15) is 0 Å². The summed E-state index contributed by atoms with van der Waals surface area (Å²) in [6.07, 6.45) is 1.28. The molecular weight excluding hydrogens is 300 g/mol. The van der Waals surface area contributed by atoms with E-state index in [4.69, 9.17) is 0 Å². The van der Waals surface area contributed by atoms with Crippen molar-refractivity contribution in [2.24, 2.45) is 0 Å². The number of nitrogens with zero attached hydrogens (tertiary/aromatic N) is 3. The average molecular weight is 320 g/mol. The molecule has 0 fully saturated rings. The second-order valence-electron chi connectivity index (χ2n) is 6.30. The van der Waals surface area contributed by atoms with Crippen LogP contribution >= 0.6 is 11.3 Å². The van der Waals surface area contributed by atoms with Gasteiger partial charge in [-0.15, -0.1) is 11.3 Å². The number of thiazole rings is 1. The van der Waals surface area contributed by atoms with Gasteiger partial charge in [0, 0.05) is 16.4 Å². The van der Waals surface area contributed by atoms with Gasteiger partial charge in [0.2, 0.25) is 0 Å². The molecule has 0 aromatic carbocycles. The van der Waals surface area contributed by atoms with Crippen LogP contribution in [0.15, 0.2) is 17.6 Å². The van der Waals surface area contributed by atoms with E-state index in [0.29, 0.717) is 11.4 Å². The Balaban J connectivity index is 2.15. The van der Waals surface area contributed by atoms with Crippen molar-refractivity contribution in [3.05, 3.63) is 44.0 Å². The molecule has 2 heterocycles. The molecule has 6 nitrogen and oxygen atoms in total. The monoisotopic (exact) mass is 320 g/mol. The number of rotatable bonds is 4. The lowest BCUT2D eigenvalue weighted by Gasteiger charge is -2.15. The van der Waals surface area contributed by atoms with Crippen LogP contribution in [-0.2, 0) is 5.41 Å². The van der Waals surface area contributed by atoms with Crippen LogP contribution in [0, 0.1) is 17.0 Å². The van der Waals surface area contributed by atoms with Crippen LogP contribution in [-0.4, -0.2) is 14.9 Å². The number of aromatic nitrogens is 2. The maximum Gasteiger partial charge on any atom is 0.290 e. The summed E-state index contributed by atoms with van der Waals surface area (Å²) >= 11 is 1.61. The second kappa shape index (κ2) is 6.00. The summed E-state index contributed by atoms with van der Waals surface area (Å²) < 4.78 is 0. The number of hydrogen-bond acceptors (Lipinski definition) is 6. The van der Waals surface area contributed by atoms with Crippen LogP contribution in [0.1, 0.15) is 50.0 Å². The minimum atomic E-state index is -0.425. The van der Waals surface area contributed by atoms with Gasteiger partial charge >= 0.3 is 0 Å². The van der Waals surface area contributed by atoms with E-state index >= 15 is 0 Å². The number of aryl methyl sites for hydroxylation is 1. The molecule has 1 N–H and O–H groups in total. The summed E-state index contributed by atoms with van der Waals surface area (Å²) in [7, 11) is 0. The fourth-order valence-electron chi connectivity index (χ4n) is 1.93. The highest BCUT2D eigenvalue weighted by molar-refractivity contribution is 7.09. The molecular formula is C15H20N4O2S. The predicted molar refractivity (Wildman–Crippen MR) is 88.5 cm³/mol. The highest BCUT2D eigenvalue weighted by Crippen LogP contribution is 2.28. The topological polar surface area (TPSA) is 81.0 Å². The van der Waals surface area contributed by atoms with Crippen LogP contribution in [0.25, 0.3) is 0 Å². The maximum atomic E-state index is 10.8. The molecule has 0 saturated heterocycles. The van der Waals surface area contributed by atoms with Gasteiger partial charge in [-0.25, -0.2) is 9.97 Å². The van der Waals surface area contributed by atoms with Crippen molar-refractivity contribution in [3.63, 3.8) is 0 Å². The molecule has 2 aromatic rings. The summed E-state index contributed by atoms with van der Waals surface area (Å²) in [5.74, 6) is 0.614. The number of hydrogen-bond donors (Lipinski definition) is 1. The summed E-state index contributed by atoms with van der Waals surface area (Å²) in [6, 6.07) is 1.68. The molecule has 0 bridgehead atoms. The SMILES string of the molecule is Cc1cc(NC(C)c2nc(C(C)(C)C)cs2)ncc1[N+](=O)[O-]. The summed E-state index contributed by atoms with van der Waals surface area (Å²) in [5, 5.41) is 17.1. The molecule has 1 atom stereocenters. The fraction of sp³-hybridized carbons (Fsp3) is 0.467. The molecule has 0 amide bonds. The van der Waals surface area contributed by atoms with Gasteiger partial charge < -0.3 is 5.32 Å². The van der Waals surface area contributed by atoms with Crippen molar-refractivity contribution in [3.8, 4) is 0 Å². The lowest BCUT2D eigenvalue weighted by Crippen LogP contribution is -2.13. The van der Waals surface area contributed by atoms with Crippen LogP contribution in [0.4, 0.5) is 11.5 Å². The van der Waals surface area contributed by atoms with Gasteiger partial charge in [0.15, 0.2) is 0 Å². The average Bonchev–Trinajstić information content (AvgIpc) is 2.87. The van der Waals surface area contributed by atoms with Gasteiger partial charge in [0.05, 0.1) is 16.7 Å². The maximum absolute atomic E-state index is 10.8. The molecule has 0 spiro atoms. The van der Waals surface area contributed by atoms with E-state index in [9.17, 15) is 10.1 Å². The van der Waals surface area contributed by atoms with E-state index in [-0.39, 0.29) is 17.1 Å². The Hall–Kier alpha value is -2.02. The van der Waals surface area contributed by atoms with Crippen LogP contribution in [0.3, 0.4) is 0 Å². The minimum absolute atomic E-state index is 0.00513. The first-order chi connectivity index (χ1) is 10.2. The van der Waals surface area contributed by atoms with Gasteiger partial charge in [-0.05, 0) is 19.9 Å². The molecule has 0 aliphatic heterocycles. The predicted octanol–water partition coefficient (Wildman–Crippen LogP) is 4.23. The first-order valence-electron chi connectivity index (χ1n) is 7.02. The van der Waals surface area contributed by atoms with Crippen molar-refractivity contribution < 1.29 is 4.92 Å². The lowest BCUT2D eigenvalue weighted by molar-refractivity contribution is -0.385. The summed E-state index contributed by atoms with van der Waals surface area (Å²) in [4.78, 5) is 19.2. The molecule has 0 saturated carbocycles. The van der Waals surface area contributed by atoms with Crippen molar-refractivity contribution in [1.82, 2.24) is 9.97 Å². The van der Waals surface area contributed by atoms with Crippen molar-refractivity contribution in [2.75, 3.05) is 5.32 Å². The van der Waals surface area contributed by atoms with Gasteiger partial charge in [-0.3, -0.25) is 10.1 Å². The summed E-state index contributed by atoms with van der Waals surface area (Å²) in [6.45, 7) is 10.1. The third kappa shape index (κ3) is 3.59. The van der Waals surface area contributed by atoms with Gasteiger partial charge in [0.25, 0.3) is 5.69 Å². The van der Waals surface area contributed by atoms with Gasteiger partial charge in [0.1, 0.15) is 17.0 Å². The second-order valence-corrected chi connectivity index (χ2v) is 7.19. The molecule has 118 valence electrons. The third-order valence-corrected chi connectivity index (χ3v) is 4.33. The highest BCUT2D eigenvalue weighted by atomic mass is 32.1. The molecule has 0 aliphatic rings. The molecule has 7 heteroatoms. The normalized spacial score (nSPS) is 13.0. The fourth-order valence-corrected chi connectivity index (χ4v) is 2.99. The van der Waals surface area contributed by atoms with E-state index in [0.717, 1.165) is 10.7 Å². The van der Waals surface area contributed by atoms with E-state index < -0.39 is 4.92 Å². The van der Waals surface area contributed by atoms with E-state index in [1.54, 1.807) is 24.3 Å². The zero-order valence-corrected chi connectivity index (χ0v) is 14.2. The Morgan fingerprint density at radius 3 is 2.59 bits per heavy atom. The van der Waals surface area contributed by atoms with Crippen molar-refractivity contribution in [2.45, 2.75) is 46.1 Å². The molecule has 2 rings (SSSR count). The zero-order chi connectivity index (χ0) is 16.5. The number of nitro groups is 1. The first kappa shape index (κ1) is 16.4. The lowest BCUT2D eigenvalue weighted by atomic mass is 9.93. The van der Waals surface area contributed by atoms with Gasteiger partial charge in [-0.1, -0.05) is 20.8 Å². The molecule has 22 heavy (non-hydrogen) atoms. The minimum Gasteiger partial charge on any atom is -0.361 e. The Morgan fingerprint density at radius 1 is 1.41 bits per heavy atom. The molecule has 0 radical (unpaired) electrons. The standard InChI is InChI=1S/C15H20N4O2S/c1-9-6-13(16-7-11(9)19(20)21)17-10(2)14-18-12(8-22-14)15(3,4)5/h6-8,10H,1-5H3,(H,16,17). The number of nitrogens with one attached hydrogen (secondary N) is 1. The number of pyridine rings is 1. The van der Waals surface area contributed by atoms with E-state index in [2.05, 4.69) is 41.4 Å². The van der Waals surface area contributed by atoms with E-state index in [1.165, 1.54) is 6.20 Å². The van der Waals surface area contributed by atoms with Crippen LogP contribution in [0.2, 0.25) is 0 Å². The zero-order valence-electron chi connectivity index (χ0n) is 13.4. The third-order valence-electron chi connectivity index (χ3n) is 3.31. The van der Waals surface area contributed by atoms with Crippen LogP contribution in [0.5, 0.6) is 0 Å². The Bertz CT molecular complexity index is 691. The smallest absolute Gasteiger partial charge is 0.290 e.